The van der Waals surface area contributed by atoms with Crippen molar-refractivity contribution >= 4 is 29.0 Å². The largest absolute Gasteiger partial charge is 0.491 e. The van der Waals surface area contributed by atoms with E-state index in [1.165, 1.54) is 0 Å². The van der Waals surface area contributed by atoms with Gasteiger partial charge in [0, 0.05) is 34.1 Å². The maximum Gasteiger partial charge on any atom is 0.215 e. The minimum atomic E-state index is -1.11. The summed E-state index contributed by atoms with van der Waals surface area (Å²) in [7, 11) is 0. The summed E-state index contributed by atoms with van der Waals surface area (Å²) in [5.74, 6) is -0.508. The molecule has 8 heteroatoms. The second kappa shape index (κ2) is 10.2. The van der Waals surface area contributed by atoms with Crippen LogP contribution in [0.1, 0.15) is 21.5 Å². The molecule has 1 saturated heterocycles. The minimum absolute atomic E-state index is 0.0335. The van der Waals surface area contributed by atoms with Gasteiger partial charge in [0.15, 0.2) is 5.78 Å². The number of rotatable bonds is 8. The maximum atomic E-state index is 12.6. The molecule has 0 aliphatic carbocycles. The van der Waals surface area contributed by atoms with Gasteiger partial charge in [-0.3, -0.25) is 4.79 Å². The summed E-state index contributed by atoms with van der Waals surface area (Å²) in [6, 6.07) is 21.5. The molecular weight excluding hydrogens is 487 g/mol. The van der Waals surface area contributed by atoms with Crippen LogP contribution < -0.4 is 4.74 Å². The van der Waals surface area contributed by atoms with Gasteiger partial charge in [-0.15, -0.1) is 0 Å². The smallest absolute Gasteiger partial charge is 0.215 e. The lowest BCUT2D eigenvalue weighted by molar-refractivity contribution is -0.189. The van der Waals surface area contributed by atoms with Gasteiger partial charge in [0.1, 0.15) is 18.5 Å². The molecule has 0 radical (unpaired) electrons. The lowest BCUT2D eigenvalue weighted by Crippen LogP contribution is -2.34. The van der Waals surface area contributed by atoms with Crippen LogP contribution in [0.15, 0.2) is 91.5 Å². The lowest BCUT2D eigenvalue weighted by Gasteiger charge is -2.30. The number of aromatic nitrogens is 2. The number of benzene rings is 3. The number of hydrogen-bond donors (Lipinski definition) is 0. The molecule has 2 heterocycles. The van der Waals surface area contributed by atoms with Crippen LogP contribution in [0, 0.1) is 0 Å². The molecule has 1 aliphatic rings. The van der Waals surface area contributed by atoms with E-state index in [0.717, 1.165) is 0 Å². The zero-order valence-electron chi connectivity index (χ0n) is 18.6. The molecule has 1 fully saturated rings. The number of ether oxygens (including phenoxy) is 3. The predicted molar refractivity (Wildman–Crippen MR) is 133 cm³/mol. The van der Waals surface area contributed by atoms with E-state index >= 15 is 0 Å². The molecule has 35 heavy (non-hydrogen) atoms. The van der Waals surface area contributed by atoms with Gasteiger partial charge in [0.05, 0.1) is 24.5 Å². The van der Waals surface area contributed by atoms with E-state index in [2.05, 4.69) is 4.98 Å². The highest BCUT2D eigenvalue weighted by molar-refractivity contribution is 6.35. The first-order valence-electron chi connectivity index (χ1n) is 11.1. The zero-order valence-corrected chi connectivity index (χ0v) is 20.2. The Morgan fingerprint density at radius 3 is 2.54 bits per heavy atom. The summed E-state index contributed by atoms with van der Waals surface area (Å²) in [4.78, 5) is 16.7. The zero-order chi connectivity index (χ0) is 24.3. The fourth-order valence-corrected chi connectivity index (χ4v) is 4.58. The van der Waals surface area contributed by atoms with Gasteiger partial charge in [-0.05, 0) is 36.4 Å². The normalized spacial score (nSPS) is 19.5. The third-order valence-corrected chi connectivity index (χ3v) is 6.29. The quantitative estimate of drug-likeness (QED) is 0.283. The van der Waals surface area contributed by atoms with Crippen molar-refractivity contribution in [2.24, 2.45) is 0 Å². The second-order valence-electron chi connectivity index (χ2n) is 8.19. The molecule has 0 amide bonds. The van der Waals surface area contributed by atoms with Crippen LogP contribution in [0.5, 0.6) is 5.75 Å². The SMILES string of the molecule is O=C(c1ccccc1)c1ccc(OCC2COC(Cn3ccnc3)(c3ccc(Cl)cc3Cl)O2)cc1. The van der Waals surface area contributed by atoms with E-state index in [9.17, 15) is 4.79 Å². The van der Waals surface area contributed by atoms with Gasteiger partial charge in [0.25, 0.3) is 0 Å². The second-order valence-corrected chi connectivity index (χ2v) is 9.04. The van der Waals surface area contributed by atoms with Crippen molar-refractivity contribution < 1.29 is 19.0 Å². The molecule has 178 valence electrons. The van der Waals surface area contributed by atoms with Crippen molar-refractivity contribution in [3.8, 4) is 5.75 Å². The molecule has 2 atom stereocenters. The van der Waals surface area contributed by atoms with Gasteiger partial charge in [0.2, 0.25) is 5.79 Å². The van der Waals surface area contributed by atoms with E-state index in [0.29, 0.717) is 45.6 Å². The number of ketones is 1. The van der Waals surface area contributed by atoms with E-state index in [1.54, 1.807) is 61.1 Å². The van der Waals surface area contributed by atoms with E-state index in [1.807, 2.05) is 35.0 Å². The van der Waals surface area contributed by atoms with Gasteiger partial charge in [-0.25, -0.2) is 4.98 Å². The van der Waals surface area contributed by atoms with Crippen molar-refractivity contribution in [2.75, 3.05) is 13.2 Å². The van der Waals surface area contributed by atoms with Crippen LogP contribution in [0.2, 0.25) is 10.0 Å². The molecule has 2 unspecified atom stereocenters. The molecule has 1 aliphatic heterocycles. The van der Waals surface area contributed by atoms with Crippen LogP contribution in [-0.4, -0.2) is 34.7 Å². The Kier molecular flexibility index (Phi) is 6.88. The Balaban J connectivity index is 1.27. The van der Waals surface area contributed by atoms with E-state index in [-0.39, 0.29) is 18.5 Å². The minimum Gasteiger partial charge on any atom is -0.491 e. The van der Waals surface area contributed by atoms with Crippen molar-refractivity contribution in [3.63, 3.8) is 0 Å². The average Bonchev–Trinajstić information content (AvgIpc) is 3.54. The fourth-order valence-electron chi connectivity index (χ4n) is 4.02. The molecule has 6 nitrogen and oxygen atoms in total. The molecule has 0 bridgehead atoms. The number of halogens is 2. The van der Waals surface area contributed by atoms with Gasteiger partial charge >= 0.3 is 0 Å². The third kappa shape index (κ3) is 5.26. The Hall–Kier alpha value is -3.16. The maximum absolute atomic E-state index is 12.6. The van der Waals surface area contributed by atoms with Gasteiger partial charge in [-0.2, -0.15) is 0 Å². The monoisotopic (exact) mass is 508 g/mol. The van der Waals surface area contributed by atoms with Crippen molar-refractivity contribution in [1.29, 1.82) is 0 Å². The Labute approximate surface area is 213 Å². The fraction of sp³-hybridized carbons (Fsp3) is 0.185. The highest BCUT2D eigenvalue weighted by atomic mass is 35.5. The number of hydrogen-bond acceptors (Lipinski definition) is 5. The molecule has 0 saturated carbocycles. The van der Waals surface area contributed by atoms with Gasteiger partial charge in [-0.1, -0.05) is 59.6 Å². The molecular formula is C27H22Cl2N2O4. The Morgan fingerprint density at radius 2 is 1.83 bits per heavy atom. The van der Waals surface area contributed by atoms with Crippen molar-refractivity contribution in [3.05, 3.63) is 118 Å². The lowest BCUT2D eigenvalue weighted by atomic mass is 10.0. The van der Waals surface area contributed by atoms with Crippen molar-refractivity contribution in [1.82, 2.24) is 9.55 Å². The first kappa shape index (κ1) is 23.6. The average molecular weight is 509 g/mol. The summed E-state index contributed by atoms with van der Waals surface area (Å²) in [5.41, 5.74) is 1.93. The summed E-state index contributed by atoms with van der Waals surface area (Å²) in [5, 5.41) is 0.987. The van der Waals surface area contributed by atoms with E-state index < -0.39 is 5.79 Å². The number of nitrogens with zero attached hydrogens (tertiary/aromatic N) is 2. The summed E-state index contributed by atoms with van der Waals surface area (Å²) in [6.07, 6.45) is 4.88. The highest BCUT2D eigenvalue weighted by Crippen LogP contribution is 2.40. The molecule has 4 aromatic rings. The van der Waals surface area contributed by atoms with Crippen LogP contribution in [0.3, 0.4) is 0 Å². The third-order valence-electron chi connectivity index (χ3n) is 5.74. The van der Waals surface area contributed by atoms with Crippen LogP contribution in [0.4, 0.5) is 0 Å². The predicted octanol–water partition coefficient (Wildman–Crippen LogP) is 5.77. The summed E-state index contributed by atoms with van der Waals surface area (Å²) >= 11 is 12.6. The van der Waals surface area contributed by atoms with Crippen LogP contribution >= 0.6 is 23.2 Å². The Bertz CT molecular complexity index is 1300. The highest BCUT2D eigenvalue weighted by Gasteiger charge is 2.45. The number of carbonyl (C=O) groups is 1. The molecule has 0 spiro atoms. The summed E-state index contributed by atoms with van der Waals surface area (Å²) in [6.45, 7) is 0.947. The first-order chi connectivity index (χ1) is 17.0. The van der Waals surface area contributed by atoms with Crippen LogP contribution in [-0.2, 0) is 21.8 Å². The topological polar surface area (TPSA) is 62.6 Å². The Morgan fingerprint density at radius 1 is 1.06 bits per heavy atom. The molecule has 0 N–H and O–H groups in total. The number of imidazole rings is 1. The first-order valence-corrected chi connectivity index (χ1v) is 11.8. The molecule has 3 aromatic carbocycles. The number of carbonyl (C=O) groups excluding carboxylic acids is 1. The van der Waals surface area contributed by atoms with Crippen LogP contribution in [0.25, 0.3) is 0 Å². The van der Waals surface area contributed by atoms with Crippen molar-refractivity contribution in [2.45, 2.75) is 18.4 Å². The summed E-state index contributed by atoms with van der Waals surface area (Å²) < 4.78 is 20.4. The molecule has 5 rings (SSSR count). The standard InChI is InChI=1S/C27H22Cl2N2O4/c28-21-8-11-24(25(29)14-21)27(17-31-13-12-30-18-31)34-16-23(35-27)15-33-22-9-6-20(7-10-22)26(32)19-4-2-1-3-5-19/h1-14,18,23H,15-17H2. The van der Waals surface area contributed by atoms with E-state index in [4.69, 9.17) is 37.4 Å². The molecule has 1 aromatic heterocycles. The van der Waals surface area contributed by atoms with Gasteiger partial charge < -0.3 is 18.8 Å².